The quantitative estimate of drug-likeness (QED) is 0.573. The third-order valence-corrected chi connectivity index (χ3v) is 4.60. The molecule has 0 saturated heterocycles. The molecule has 1 aliphatic carbocycles. The van der Waals surface area contributed by atoms with Crippen molar-refractivity contribution >= 4 is 5.97 Å². The van der Waals surface area contributed by atoms with Crippen LogP contribution in [0.2, 0.25) is 0 Å². The van der Waals surface area contributed by atoms with Crippen molar-refractivity contribution in [1.82, 2.24) is 0 Å². The van der Waals surface area contributed by atoms with E-state index in [0.717, 1.165) is 36.8 Å². The Morgan fingerprint density at radius 2 is 1.43 bits per heavy atom. The van der Waals surface area contributed by atoms with Crippen LogP contribution in [0.5, 0.6) is 5.75 Å². The highest BCUT2D eigenvalue weighted by atomic mass is 19.1. The summed E-state index contributed by atoms with van der Waals surface area (Å²) in [6, 6.07) is 13.7. The van der Waals surface area contributed by atoms with Gasteiger partial charge in [-0.05, 0) is 67.0 Å². The Bertz CT molecular complexity index is 653. The summed E-state index contributed by atoms with van der Waals surface area (Å²) in [4.78, 5) is 12.2. The van der Waals surface area contributed by atoms with E-state index in [-0.39, 0.29) is 17.7 Å². The molecule has 2 nitrogen and oxygen atoms in total. The number of esters is 1. The molecule has 120 valence electrons. The van der Waals surface area contributed by atoms with Gasteiger partial charge in [-0.3, -0.25) is 4.79 Å². The summed E-state index contributed by atoms with van der Waals surface area (Å²) in [5.74, 6) is 0.948. The first-order valence-electron chi connectivity index (χ1n) is 8.19. The topological polar surface area (TPSA) is 26.3 Å². The van der Waals surface area contributed by atoms with Crippen molar-refractivity contribution in [3.63, 3.8) is 0 Å². The lowest BCUT2D eigenvalue weighted by atomic mass is 9.83. The zero-order valence-electron chi connectivity index (χ0n) is 13.3. The number of carbonyl (C=O) groups is 1. The van der Waals surface area contributed by atoms with Crippen LogP contribution in [0.3, 0.4) is 0 Å². The van der Waals surface area contributed by atoms with Gasteiger partial charge in [0.1, 0.15) is 11.6 Å². The Balaban J connectivity index is 1.63. The summed E-state index contributed by atoms with van der Waals surface area (Å²) in [6.45, 7) is 2.23. The highest BCUT2D eigenvalue weighted by molar-refractivity contribution is 5.75. The second kappa shape index (κ2) is 6.95. The molecule has 0 amide bonds. The van der Waals surface area contributed by atoms with Crippen molar-refractivity contribution in [2.45, 2.75) is 32.6 Å². The molecule has 0 unspecified atom stereocenters. The van der Waals surface area contributed by atoms with E-state index < -0.39 is 0 Å². The standard InChI is InChI=1S/C20H21FO2/c1-14-2-4-17(5-3-14)20(22)23-19-12-8-16(9-13-19)15-6-10-18(21)11-7-15/h6-14,17H,2-5H2,1H3. The monoisotopic (exact) mass is 312 g/mol. The fourth-order valence-corrected chi connectivity index (χ4v) is 3.05. The highest BCUT2D eigenvalue weighted by Crippen LogP contribution is 2.30. The molecule has 1 aliphatic rings. The smallest absolute Gasteiger partial charge is 0.314 e. The molecule has 0 radical (unpaired) electrons. The normalized spacial score (nSPS) is 21.0. The van der Waals surface area contributed by atoms with Gasteiger partial charge in [0.2, 0.25) is 0 Å². The van der Waals surface area contributed by atoms with Crippen molar-refractivity contribution < 1.29 is 13.9 Å². The maximum absolute atomic E-state index is 13.0. The van der Waals surface area contributed by atoms with Gasteiger partial charge in [0, 0.05) is 0 Å². The Morgan fingerprint density at radius 1 is 0.913 bits per heavy atom. The molecule has 2 aromatic rings. The number of ether oxygens (including phenoxy) is 1. The summed E-state index contributed by atoms with van der Waals surface area (Å²) in [7, 11) is 0. The van der Waals surface area contributed by atoms with Gasteiger partial charge in [-0.15, -0.1) is 0 Å². The molecular formula is C20H21FO2. The van der Waals surface area contributed by atoms with E-state index in [0.29, 0.717) is 11.7 Å². The number of carbonyl (C=O) groups excluding carboxylic acids is 1. The van der Waals surface area contributed by atoms with Crippen LogP contribution in [-0.2, 0) is 4.79 Å². The molecule has 3 heteroatoms. The first kappa shape index (κ1) is 15.7. The van der Waals surface area contributed by atoms with Crippen molar-refractivity contribution in [1.29, 1.82) is 0 Å². The first-order chi connectivity index (χ1) is 11.1. The van der Waals surface area contributed by atoms with E-state index in [1.54, 1.807) is 24.3 Å². The van der Waals surface area contributed by atoms with Gasteiger partial charge >= 0.3 is 5.97 Å². The number of halogens is 1. The van der Waals surface area contributed by atoms with Crippen LogP contribution in [0.4, 0.5) is 4.39 Å². The lowest BCUT2D eigenvalue weighted by molar-refractivity contribution is -0.140. The van der Waals surface area contributed by atoms with E-state index in [2.05, 4.69) is 6.92 Å². The predicted octanol–water partition coefficient (Wildman–Crippen LogP) is 5.22. The summed E-state index contributed by atoms with van der Waals surface area (Å²) in [5, 5.41) is 0. The molecule has 0 atom stereocenters. The Morgan fingerprint density at radius 3 is 2.00 bits per heavy atom. The molecular weight excluding hydrogens is 291 g/mol. The van der Waals surface area contributed by atoms with Crippen LogP contribution < -0.4 is 4.74 Å². The largest absolute Gasteiger partial charge is 0.426 e. The second-order valence-electron chi connectivity index (χ2n) is 6.41. The molecule has 0 N–H and O–H groups in total. The van der Waals surface area contributed by atoms with Crippen LogP contribution in [0.1, 0.15) is 32.6 Å². The van der Waals surface area contributed by atoms with Gasteiger partial charge in [-0.1, -0.05) is 31.2 Å². The first-order valence-corrected chi connectivity index (χ1v) is 8.19. The van der Waals surface area contributed by atoms with Crippen molar-refractivity contribution in [2.24, 2.45) is 11.8 Å². The van der Waals surface area contributed by atoms with Crippen molar-refractivity contribution in [2.75, 3.05) is 0 Å². The third-order valence-electron chi connectivity index (χ3n) is 4.60. The van der Waals surface area contributed by atoms with E-state index in [9.17, 15) is 9.18 Å². The van der Waals surface area contributed by atoms with Crippen molar-refractivity contribution in [3.05, 3.63) is 54.3 Å². The summed E-state index contributed by atoms with van der Waals surface area (Å²) < 4.78 is 18.5. The molecule has 0 aliphatic heterocycles. The Hall–Kier alpha value is -2.16. The van der Waals surface area contributed by atoms with Gasteiger partial charge in [0.15, 0.2) is 0 Å². The number of rotatable bonds is 3. The van der Waals surface area contributed by atoms with Crippen LogP contribution >= 0.6 is 0 Å². The van der Waals surface area contributed by atoms with Gasteiger partial charge in [0.25, 0.3) is 0 Å². The third kappa shape index (κ3) is 3.98. The molecule has 23 heavy (non-hydrogen) atoms. The zero-order chi connectivity index (χ0) is 16.2. The van der Waals surface area contributed by atoms with Gasteiger partial charge in [-0.2, -0.15) is 0 Å². The second-order valence-corrected chi connectivity index (χ2v) is 6.41. The van der Waals surface area contributed by atoms with Crippen molar-refractivity contribution in [3.8, 4) is 16.9 Å². The summed E-state index contributed by atoms with van der Waals surface area (Å²) >= 11 is 0. The fourth-order valence-electron chi connectivity index (χ4n) is 3.05. The minimum atomic E-state index is -0.249. The maximum Gasteiger partial charge on any atom is 0.314 e. The van der Waals surface area contributed by atoms with Gasteiger partial charge in [-0.25, -0.2) is 4.39 Å². The molecule has 0 spiro atoms. The molecule has 2 aromatic carbocycles. The average Bonchev–Trinajstić information content (AvgIpc) is 2.57. The Kier molecular flexibility index (Phi) is 4.75. The SMILES string of the molecule is CC1CCC(C(=O)Oc2ccc(-c3ccc(F)cc3)cc2)CC1. The van der Waals surface area contributed by atoms with Gasteiger partial charge < -0.3 is 4.74 Å². The molecule has 0 aromatic heterocycles. The summed E-state index contributed by atoms with van der Waals surface area (Å²) in [5.41, 5.74) is 1.90. The molecule has 3 rings (SSSR count). The number of hydrogen-bond acceptors (Lipinski definition) is 2. The van der Waals surface area contributed by atoms with Crippen LogP contribution in [0.25, 0.3) is 11.1 Å². The maximum atomic E-state index is 13.0. The average molecular weight is 312 g/mol. The van der Waals surface area contributed by atoms with Crippen LogP contribution in [-0.4, -0.2) is 5.97 Å². The van der Waals surface area contributed by atoms with E-state index in [1.807, 2.05) is 12.1 Å². The molecule has 0 bridgehead atoms. The number of hydrogen-bond donors (Lipinski definition) is 0. The van der Waals surface area contributed by atoms with E-state index in [4.69, 9.17) is 4.74 Å². The molecule has 0 heterocycles. The summed E-state index contributed by atoms with van der Waals surface area (Å²) in [6.07, 6.45) is 4.05. The lowest BCUT2D eigenvalue weighted by Gasteiger charge is -2.24. The molecule has 1 fully saturated rings. The van der Waals surface area contributed by atoms with Gasteiger partial charge in [0.05, 0.1) is 5.92 Å². The fraction of sp³-hybridized carbons (Fsp3) is 0.350. The van der Waals surface area contributed by atoms with Crippen LogP contribution in [0, 0.1) is 17.7 Å². The number of benzene rings is 2. The minimum absolute atomic E-state index is 0.0305. The molecule has 1 saturated carbocycles. The minimum Gasteiger partial charge on any atom is -0.426 e. The van der Waals surface area contributed by atoms with Crippen LogP contribution in [0.15, 0.2) is 48.5 Å². The predicted molar refractivity (Wildman–Crippen MR) is 88.6 cm³/mol. The highest BCUT2D eigenvalue weighted by Gasteiger charge is 2.25. The van der Waals surface area contributed by atoms with E-state index >= 15 is 0 Å². The lowest BCUT2D eigenvalue weighted by Crippen LogP contribution is -2.24. The Labute approximate surface area is 136 Å². The zero-order valence-corrected chi connectivity index (χ0v) is 13.3. The van der Waals surface area contributed by atoms with E-state index in [1.165, 1.54) is 12.1 Å².